The van der Waals surface area contributed by atoms with Crippen molar-refractivity contribution in [3.8, 4) is 0 Å². The molecule has 1 aliphatic rings. The van der Waals surface area contributed by atoms with E-state index in [-0.39, 0.29) is 5.54 Å². The third kappa shape index (κ3) is 3.43. The van der Waals surface area contributed by atoms with Gasteiger partial charge in [0.2, 0.25) is 0 Å². The molecule has 0 bridgehead atoms. The lowest BCUT2D eigenvalue weighted by molar-refractivity contribution is 0.0102. The lowest BCUT2D eigenvalue weighted by atomic mass is 9.82. The summed E-state index contributed by atoms with van der Waals surface area (Å²) in [5.41, 5.74) is 6.41. The fraction of sp³-hybridized carbons (Fsp3) is 1.00. The van der Waals surface area contributed by atoms with Crippen LogP contribution in [0, 0.1) is 0 Å². The number of hydrogen-bond donors (Lipinski definition) is 1. The fourth-order valence-corrected chi connectivity index (χ4v) is 3.14. The molecule has 0 radical (unpaired) electrons. The molecule has 1 aliphatic heterocycles. The third-order valence-electron chi connectivity index (χ3n) is 4.40. The van der Waals surface area contributed by atoms with Gasteiger partial charge in [-0.2, -0.15) is 0 Å². The molecule has 2 N–H and O–H groups in total. The molecule has 0 aromatic carbocycles. The van der Waals surface area contributed by atoms with E-state index in [4.69, 9.17) is 5.73 Å². The van der Waals surface area contributed by atoms with E-state index in [0.717, 1.165) is 6.54 Å². The highest BCUT2D eigenvalue weighted by Gasteiger charge is 2.39. The highest BCUT2D eigenvalue weighted by Crippen LogP contribution is 2.31. The molecular weight excluding hydrogens is 210 g/mol. The van der Waals surface area contributed by atoms with Crippen LogP contribution in [0.4, 0.5) is 0 Å². The molecule has 0 aromatic rings. The highest BCUT2D eigenvalue weighted by molar-refractivity contribution is 4.98. The van der Waals surface area contributed by atoms with Gasteiger partial charge >= 0.3 is 0 Å². The highest BCUT2D eigenvalue weighted by atomic mass is 15.2. The maximum absolute atomic E-state index is 6.15. The number of hydrogen-bond acceptors (Lipinski definition) is 3. The quantitative estimate of drug-likeness (QED) is 0.771. The minimum absolute atomic E-state index is 0.262. The van der Waals surface area contributed by atoms with Crippen molar-refractivity contribution in [2.75, 3.05) is 33.2 Å². The first-order valence-electron chi connectivity index (χ1n) is 7.25. The zero-order valence-electron chi connectivity index (χ0n) is 12.2. The molecule has 2 atom stereocenters. The van der Waals surface area contributed by atoms with Crippen molar-refractivity contribution in [1.82, 2.24) is 9.80 Å². The van der Waals surface area contributed by atoms with Crippen LogP contribution < -0.4 is 5.73 Å². The standard InChI is InChI=1S/C14H31N3/c1-5-8-17(9-6-2)14(12-15)7-10-16(4)13(3)11-14/h13H,5-12,15H2,1-4H3. The van der Waals surface area contributed by atoms with E-state index < -0.39 is 0 Å². The van der Waals surface area contributed by atoms with Gasteiger partial charge in [0.25, 0.3) is 0 Å². The topological polar surface area (TPSA) is 32.5 Å². The maximum atomic E-state index is 6.15. The van der Waals surface area contributed by atoms with E-state index in [1.54, 1.807) is 0 Å². The van der Waals surface area contributed by atoms with Gasteiger partial charge in [-0.3, -0.25) is 4.90 Å². The Labute approximate surface area is 107 Å². The molecule has 17 heavy (non-hydrogen) atoms. The van der Waals surface area contributed by atoms with Crippen molar-refractivity contribution < 1.29 is 0 Å². The van der Waals surface area contributed by atoms with E-state index in [1.165, 1.54) is 45.3 Å². The zero-order valence-corrected chi connectivity index (χ0v) is 12.2. The normalized spacial score (nSPS) is 31.1. The number of nitrogens with two attached hydrogens (primary N) is 1. The van der Waals surface area contributed by atoms with Gasteiger partial charge in [-0.05, 0) is 59.3 Å². The van der Waals surface area contributed by atoms with Crippen molar-refractivity contribution >= 4 is 0 Å². The third-order valence-corrected chi connectivity index (χ3v) is 4.40. The average molecular weight is 241 g/mol. The summed E-state index contributed by atoms with van der Waals surface area (Å²) >= 11 is 0. The predicted octanol–water partition coefficient (Wildman–Crippen LogP) is 1.92. The van der Waals surface area contributed by atoms with E-state index in [1.807, 2.05) is 0 Å². The summed E-state index contributed by atoms with van der Waals surface area (Å²) in [7, 11) is 2.23. The molecule has 1 heterocycles. The number of nitrogens with zero attached hydrogens (tertiary/aromatic N) is 2. The minimum atomic E-state index is 0.262. The second kappa shape index (κ2) is 6.72. The molecule has 0 aromatic heterocycles. The molecule has 0 aliphatic carbocycles. The Kier molecular flexibility index (Phi) is 5.90. The van der Waals surface area contributed by atoms with Crippen molar-refractivity contribution in [3.05, 3.63) is 0 Å². The first-order valence-corrected chi connectivity index (χ1v) is 7.25. The van der Waals surface area contributed by atoms with Gasteiger partial charge in [-0.25, -0.2) is 0 Å². The second-order valence-corrected chi connectivity index (χ2v) is 5.70. The van der Waals surface area contributed by atoms with Gasteiger partial charge in [0.15, 0.2) is 0 Å². The lowest BCUT2D eigenvalue weighted by Crippen LogP contribution is -2.61. The van der Waals surface area contributed by atoms with Gasteiger partial charge in [0.05, 0.1) is 0 Å². The van der Waals surface area contributed by atoms with E-state index in [2.05, 4.69) is 37.6 Å². The summed E-state index contributed by atoms with van der Waals surface area (Å²) in [6.45, 7) is 11.3. The van der Waals surface area contributed by atoms with Crippen molar-refractivity contribution in [1.29, 1.82) is 0 Å². The van der Waals surface area contributed by atoms with Crippen LogP contribution in [-0.4, -0.2) is 54.6 Å². The van der Waals surface area contributed by atoms with E-state index in [0.29, 0.717) is 6.04 Å². The van der Waals surface area contributed by atoms with E-state index >= 15 is 0 Å². The monoisotopic (exact) mass is 241 g/mol. The molecule has 2 unspecified atom stereocenters. The summed E-state index contributed by atoms with van der Waals surface area (Å²) in [5, 5.41) is 0. The molecule has 3 heteroatoms. The molecule has 1 rings (SSSR count). The fourth-order valence-electron chi connectivity index (χ4n) is 3.14. The Balaban J connectivity index is 2.77. The molecule has 1 fully saturated rings. The first-order chi connectivity index (χ1) is 8.09. The predicted molar refractivity (Wildman–Crippen MR) is 75.3 cm³/mol. The number of piperidine rings is 1. The molecule has 1 saturated heterocycles. The number of likely N-dealkylation sites (tertiary alicyclic amines) is 1. The molecule has 0 saturated carbocycles. The summed E-state index contributed by atoms with van der Waals surface area (Å²) in [5.74, 6) is 0. The molecule has 102 valence electrons. The minimum Gasteiger partial charge on any atom is -0.329 e. The van der Waals surface area contributed by atoms with Crippen LogP contribution in [0.2, 0.25) is 0 Å². The van der Waals surface area contributed by atoms with Gasteiger partial charge in [0, 0.05) is 18.1 Å². The Bertz CT molecular complexity index is 214. The maximum Gasteiger partial charge on any atom is 0.0358 e. The second-order valence-electron chi connectivity index (χ2n) is 5.70. The smallest absolute Gasteiger partial charge is 0.0358 e. The van der Waals surface area contributed by atoms with Gasteiger partial charge in [-0.1, -0.05) is 13.8 Å². The Morgan fingerprint density at radius 3 is 2.29 bits per heavy atom. The Morgan fingerprint density at radius 2 is 1.88 bits per heavy atom. The van der Waals surface area contributed by atoms with Crippen LogP contribution in [0.3, 0.4) is 0 Å². The van der Waals surface area contributed by atoms with Crippen LogP contribution in [0.25, 0.3) is 0 Å². The molecule has 3 nitrogen and oxygen atoms in total. The van der Waals surface area contributed by atoms with Gasteiger partial charge in [-0.15, -0.1) is 0 Å². The van der Waals surface area contributed by atoms with Crippen LogP contribution in [-0.2, 0) is 0 Å². The van der Waals surface area contributed by atoms with Crippen LogP contribution >= 0.6 is 0 Å². The van der Waals surface area contributed by atoms with Crippen LogP contribution in [0.1, 0.15) is 46.5 Å². The summed E-state index contributed by atoms with van der Waals surface area (Å²) < 4.78 is 0. The van der Waals surface area contributed by atoms with Gasteiger partial charge < -0.3 is 10.6 Å². The average Bonchev–Trinajstić information content (AvgIpc) is 2.33. The summed E-state index contributed by atoms with van der Waals surface area (Å²) in [6, 6.07) is 0.656. The molecular formula is C14H31N3. The Morgan fingerprint density at radius 1 is 1.29 bits per heavy atom. The number of rotatable bonds is 6. The zero-order chi connectivity index (χ0) is 12.9. The lowest BCUT2D eigenvalue weighted by Gasteiger charge is -2.50. The van der Waals surface area contributed by atoms with Gasteiger partial charge in [0.1, 0.15) is 0 Å². The Hall–Kier alpha value is -0.120. The molecule has 0 amide bonds. The van der Waals surface area contributed by atoms with E-state index in [9.17, 15) is 0 Å². The van der Waals surface area contributed by atoms with Crippen molar-refractivity contribution in [2.24, 2.45) is 5.73 Å². The van der Waals surface area contributed by atoms with Crippen molar-refractivity contribution in [2.45, 2.75) is 58.0 Å². The SMILES string of the molecule is CCCN(CCC)C1(CN)CCN(C)C(C)C1. The first kappa shape index (κ1) is 14.9. The van der Waals surface area contributed by atoms with Crippen LogP contribution in [0.15, 0.2) is 0 Å². The summed E-state index contributed by atoms with van der Waals surface area (Å²) in [4.78, 5) is 5.13. The van der Waals surface area contributed by atoms with Crippen molar-refractivity contribution in [3.63, 3.8) is 0 Å². The summed E-state index contributed by atoms with van der Waals surface area (Å²) in [6.07, 6.45) is 4.91. The largest absolute Gasteiger partial charge is 0.329 e. The molecule has 0 spiro atoms. The van der Waals surface area contributed by atoms with Crippen LogP contribution in [0.5, 0.6) is 0 Å².